The summed E-state index contributed by atoms with van der Waals surface area (Å²) in [6.07, 6.45) is 2.91. The van der Waals surface area contributed by atoms with Crippen molar-refractivity contribution in [2.75, 3.05) is 37.6 Å². The molecule has 0 amide bonds. The summed E-state index contributed by atoms with van der Waals surface area (Å²) < 4.78 is 43.4. The number of hydrogen-bond acceptors (Lipinski definition) is 6. The second-order valence-electron chi connectivity index (χ2n) is 9.79. The third-order valence-corrected chi connectivity index (χ3v) is 7.97. The zero-order chi connectivity index (χ0) is 23.9. The highest BCUT2D eigenvalue weighted by Gasteiger charge is 2.38. The van der Waals surface area contributed by atoms with Gasteiger partial charge in [0.05, 0.1) is 18.0 Å². The van der Waals surface area contributed by atoms with E-state index in [0.717, 1.165) is 76.6 Å². The molecule has 1 aromatic carbocycles. The molecule has 2 aromatic rings. The van der Waals surface area contributed by atoms with Gasteiger partial charge >= 0.3 is 12.1 Å². The molecule has 6 nitrogen and oxygen atoms in total. The number of carbonyl (C=O) groups is 1. The van der Waals surface area contributed by atoms with Crippen molar-refractivity contribution in [1.82, 2.24) is 14.9 Å². The van der Waals surface area contributed by atoms with Gasteiger partial charge in [-0.1, -0.05) is 6.07 Å². The van der Waals surface area contributed by atoms with Gasteiger partial charge in [0.1, 0.15) is 12.4 Å². The molecule has 3 aliphatic rings. The average Bonchev–Trinajstić information content (AvgIpc) is 3.21. The van der Waals surface area contributed by atoms with E-state index in [-0.39, 0.29) is 5.97 Å². The second kappa shape index (κ2) is 8.83. The Labute approximate surface area is 197 Å². The Morgan fingerprint density at radius 3 is 2.38 bits per heavy atom. The Bertz CT molecular complexity index is 1050. The lowest BCUT2D eigenvalue weighted by atomic mass is 9.71. The normalized spacial score (nSPS) is 20.5. The Morgan fingerprint density at radius 1 is 1.03 bits per heavy atom. The summed E-state index contributed by atoms with van der Waals surface area (Å²) in [6, 6.07) is 3.96. The van der Waals surface area contributed by atoms with Crippen molar-refractivity contribution in [3.63, 3.8) is 0 Å². The molecule has 9 heteroatoms. The highest BCUT2D eigenvalue weighted by Crippen LogP contribution is 2.42. The highest BCUT2D eigenvalue weighted by molar-refractivity contribution is 5.93. The summed E-state index contributed by atoms with van der Waals surface area (Å²) in [6.45, 7) is 7.19. The Kier molecular flexibility index (Phi) is 6.00. The molecule has 2 saturated heterocycles. The quantitative estimate of drug-likeness (QED) is 0.613. The van der Waals surface area contributed by atoms with Crippen LogP contribution in [0.5, 0.6) is 0 Å². The fourth-order valence-electron chi connectivity index (χ4n) is 5.54. The summed E-state index contributed by atoms with van der Waals surface area (Å²) in [7, 11) is 0. The van der Waals surface area contributed by atoms with Crippen LogP contribution in [0.25, 0.3) is 0 Å². The smallest absolute Gasteiger partial charge is 0.434 e. The van der Waals surface area contributed by atoms with Crippen molar-refractivity contribution < 1.29 is 22.7 Å². The van der Waals surface area contributed by atoms with Crippen LogP contribution in [0, 0.1) is 12.3 Å². The first-order chi connectivity index (χ1) is 16.2. The fourth-order valence-corrected chi connectivity index (χ4v) is 5.54. The summed E-state index contributed by atoms with van der Waals surface area (Å²) in [4.78, 5) is 23.9. The van der Waals surface area contributed by atoms with Gasteiger partial charge in [0.25, 0.3) is 0 Å². The summed E-state index contributed by atoms with van der Waals surface area (Å²) in [5, 5.41) is 0. The topological polar surface area (TPSA) is 58.6 Å². The van der Waals surface area contributed by atoms with Crippen LogP contribution in [0.1, 0.15) is 58.4 Å². The van der Waals surface area contributed by atoms with Gasteiger partial charge in [-0.15, -0.1) is 0 Å². The van der Waals surface area contributed by atoms with Crippen molar-refractivity contribution >= 4 is 11.8 Å². The standard InChI is InChI=1S/C25H29F3N4O2/c1-17-18(2-3-19-20(17)16-34-23(19)33)4-9-31-10-5-24(6-11-31)7-12-32(13-8-24)22-15-29-21(14-30-22)25(26,27)28/h2-3,14-15H,4-13,16H2,1H3. The van der Waals surface area contributed by atoms with Crippen LogP contribution in [0.2, 0.25) is 0 Å². The Morgan fingerprint density at radius 2 is 1.74 bits per heavy atom. The van der Waals surface area contributed by atoms with Gasteiger partial charge in [0.2, 0.25) is 0 Å². The van der Waals surface area contributed by atoms with Crippen molar-refractivity contribution in [3.05, 3.63) is 52.5 Å². The number of carbonyl (C=O) groups excluding carboxylic acids is 1. The number of halogens is 3. The summed E-state index contributed by atoms with van der Waals surface area (Å²) >= 11 is 0. The molecule has 0 atom stereocenters. The molecule has 0 N–H and O–H groups in total. The number of aromatic nitrogens is 2. The molecule has 0 bridgehead atoms. The lowest BCUT2D eigenvalue weighted by Crippen LogP contribution is -2.47. The van der Waals surface area contributed by atoms with Crippen molar-refractivity contribution in [2.24, 2.45) is 5.41 Å². The van der Waals surface area contributed by atoms with Crippen LogP contribution >= 0.6 is 0 Å². The number of benzene rings is 1. The zero-order valence-corrected chi connectivity index (χ0v) is 19.3. The second-order valence-corrected chi connectivity index (χ2v) is 9.79. The summed E-state index contributed by atoms with van der Waals surface area (Å²) in [5.41, 5.74) is 3.56. The van der Waals surface area contributed by atoms with E-state index < -0.39 is 11.9 Å². The minimum atomic E-state index is -4.46. The number of ether oxygens (including phenoxy) is 1. The molecular weight excluding hydrogens is 445 g/mol. The zero-order valence-electron chi connectivity index (χ0n) is 19.3. The number of piperidine rings is 2. The van der Waals surface area contributed by atoms with E-state index in [1.807, 2.05) is 6.07 Å². The van der Waals surface area contributed by atoms with E-state index in [2.05, 4.69) is 32.8 Å². The summed E-state index contributed by atoms with van der Waals surface area (Å²) in [5.74, 6) is 0.305. The first-order valence-electron chi connectivity index (χ1n) is 11.9. The average molecular weight is 475 g/mol. The molecule has 0 unspecified atom stereocenters. The van der Waals surface area contributed by atoms with Crippen LogP contribution in [-0.4, -0.2) is 53.6 Å². The number of rotatable bonds is 4. The monoisotopic (exact) mass is 474 g/mol. The number of fused-ring (bicyclic) bond motifs is 1. The van der Waals surface area contributed by atoms with Gasteiger partial charge < -0.3 is 14.5 Å². The third kappa shape index (κ3) is 4.50. The molecule has 1 aromatic heterocycles. The molecule has 34 heavy (non-hydrogen) atoms. The van der Waals surface area contributed by atoms with E-state index in [1.165, 1.54) is 17.3 Å². The predicted octanol–water partition coefficient (Wildman–Crippen LogP) is 4.40. The van der Waals surface area contributed by atoms with Crippen molar-refractivity contribution in [1.29, 1.82) is 0 Å². The number of hydrogen-bond donors (Lipinski definition) is 0. The Balaban J connectivity index is 1.11. The minimum absolute atomic E-state index is 0.220. The first-order valence-corrected chi connectivity index (χ1v) is 11.9. The van der Waals surface area contributed by atoms with Gasteiger partial charge in [-0.05, 0) is 74.7 Å². The molecule has 182 valence electrons. The van der Waals surface area contributed by atoms with Gasteiger partial charge in [-0.25, -0.2) is 14.8 Å². The molecule has 4 heterocycles. The number of nitrogens with zero attached hydrogens (tertiary/aromatic N) is 4. The fraction of sp³-hybridized carbons (Fsp3) is 0.560. The van der Waals surface area contributed by atoms with Crippen molar-refractivity contribution in [2.45, 2.75) is 51.8 Å². The molecule has 5 rings (SSSR count). The number of cyclic esters (lactones) is 1. The molecule has 0 aliphatic carbocycles. The molecule has 0 saturated carbocycles. The van der Waals surface area contributed by atoms with Crippen LogP contribution in [0.4, 0.5) is 19.0 Å². The highest BCUT2D eigenvalue weighted by atomic mass is 19.4. The SMILES string of the molecule is Cc1c(CCN2CCC3(CC2)CCN(c2cnc(C(F)(F)F)cn2)CC3)ccc2c1COC2=O. The predicted molar refractivity (Wildman–Crippen MR) is 121 cm³/mol. The van der Waals surface area contributed by atoms with Crippen LogP contribution in [0.3, 0.4) is 0 Å². The largest absolute Gasteiger partial charge is 0.457 e. The van der Waals surface area contributed by atoms with E-state index in [4.69, 9.17) is 4.74 Å². The van der Waals surface area contributed by atoms with E-state index in [0.29, 0.717) is 23.4 Å². The molecular formula is C25H29F3N4O2. The van der Waals surface area contributed by atoms with Crippen LogP contribution in [0.15, 0.2) is 24.5 Å². The molecule has 3 aliphatic heterocycles. The molecule has 0 radical (unpaired) electrons. The third-order valence-electron chi connectivity index (χ3n) is 7.97. The van der Waals surface area contributed by atoms with Gasteiger partial charge in [-0.2, -0.15) is 13.2 Å². The number of alkyl halides is 3. The van der Waals surface area contributed by atoms with E-state index in [1.54, 1.807) is 0 Å². The van der Waals surface area contributed by atoms with Gasteiger partial charge in [-0.3, -0.25) is 0 Å². The van der Waals surface area contributed by atoms with E-state index >= 15 is 0 Å². The number of anilines is 1. The van der Waals surface area contributed by atoms with Crippen LogP contribution in [-0.2, 0) is 23.9 Å². The minimum Gasteiger partial charge on any atom is -0.457 e. The van der Waals surface area contributed by atoms with Crippen molar-refractivity contribution in [3.8, 4) is 0 Å². The molecule has 1 spiro atoms. The lowest BCUT2D eigenvalue weighted by molar-refractivity contribution is -0.141. The molecule has 2 fully saturated rings. The maximum atomic E-state index is 12.7. The van der Waals surface area contributed by atoms with Gasteiger partial charge in [0.15, 0.2) is 5.69 Å². The maximum Gasteiger partial charge on any atom is 0.434 e. The number of esters is 1. The maximum absolute atomic E-state index is 12.7. The Hall–Kier alpha value is -2.68. The number of likely N-dealkylation sites (tertiary alicyclic amines) is 1. The van der Waals surface area contributed by atoms with Crippen LogP contribution < -0.4 is 4.90 Å². The first kappa shape index (κ1) is 23.1. The lowest BCUT2D eigenvalue weighted by Gasteiger charge is -2.47. The van der Waals surface area contributed by atoms with Gasteiger partial charge in [0, 0.05) is 25.2 Å². The van der Waals surface area contributed by atoms with E-state index in [9.17, 15) is 18.0 Å².